The number of pyridine rings is 1. The van der Waals surface area contributed by atoms with E-state index in [4.69, 9.17) is 10.5 Å². The van der Waals surface area contributed by atoms with E-state index < -0.39 is 5.92 Å². The normalized spacial score (nSPS) is 9.88. The first-order valence-corrected chi connectivity index (χ1v) is 7.27. The first-order chi connectivity index (χ1) is 8.30. The summed E-state index contributed by atoms with van der Waals surface area (Å²) in [5, 5.41) is 17.3. The average Bonchev–Trinajstić information content (AvgIpc) is 2.36. The summed E-state index contributed by atoms with van der Waals surface area (Å²) in [7, 11) is 0. The Morgan fingerprint density at radius 3 is 2.47 bits per heavy atom. The van der Waals surface area contributed by atoms with Crippen LogP contribution in [0.2, 0.25) is 0 Å². The Hall–Kier alpha value is -1.17. The molecule has 17 heavy (non-hydrogen) atoms. The van der Waals surface area contributed by atoms with Gasteiger partial charge in [0.2, 0.25) is 0 Å². The fourth-order valence-electron chi connectivity index (χ4n) is 1.18. The molecule has 0 unspecified atom stereocenters. The van der Waals surface area contributed by atoms with Crippen molar-refractivity contribution in [3.05, 3.63) is 18.5 Å². The molecule has 0 saturated carbocycles. The highest BCUT2D eigenvalue weighted by molar-refractivity contribution is 8.00. The molecule has 0 aliphatic carbocycles. The van der Waals surface area contributed by atoms with Gasteiger partial charge in [0.15, 0.2) is 0 Å². The van der Waals surface area contributed by atoms with Crippen LogP contribution >= 0.6 is 23.5 Å². The molecule has 1 rings (SSSR count). The van der Waals surface area contributed by atoms with E-state index in [1.165, 1.54) is 0 Å². The minimum absolute atomic E-state index is 0.497. The second kappa shape index (κ2) is 8.00. The molecule has 3 nitrogen and oxygen atoms in total. The molecule has 1 heterocycles. The summed E-state index contributed by atoms with van der Waals surface area (Å²) in [5.74, 6) is 1.30. The molecular formula is C12H13N3S2. The lowest BCUT2D eigenvalue weighted by atomic mass is 10.1. The maximum absolute atomic E-state index is 8.64. The van der Waals surface area contributed by atoms with Crippen LogP contribution < -0.4 is 0 Å². The Balaban J connectivity index is 2.44. The maximum atomic E-state index is 8.64. The molecule has 0 spiro atoms. The van der Waals surface area contributed by atoms with Gasteiger partial charge >= 0.3 is 0 Å². The van der Waals surface area contributed by atoms with E-state index in [-0.39, 0.29) is 0 Å². The zero-order chi connectivity index (χ0) is 12.5. The first-order valence-electron chi connectivity index (χ1n) is 5.30. The standard InChI is InChI=1S/C12H13N3S2/c1-2-16-11-5-12(9-15-8-11)17-4-3-10(6-13)7-14/h5,8-10H,2-4H2,1H3. The zero-order valence-electron chi connectivity index (χ0n) is 9.59. The zero-order valence-corrected chi connectivity index (χ0v) is 11.2. The van der Waals surface area contributed by atoms with Crippen LogP contribution in [-0.4, -0.2) is 16.5 Å². The van der Waals surface area contributed by atoms with Crippen molar-refractivity contribution in [2.45, 2.75) is 23.1 Å². The van der Waals surface area contributed by atoms with Gasteiger partial charge in [-0.15, -0.1) is 23.5 Å². The van der Waals surface area contributed by atoms with E-state index >= 15 is 0 Å². The van der Waals surface area contributed by atoms with Crippen molar-refractivity contribution in [2.75, 3.05) is 11.5 Å². The Bertz CT molecular complexity index is 420. The van der Waals surface area contributed by atoms with E-state index in [2.05, 4.69) is 18.0 Å². The molecule has 1 aromatic heterocycles. The van der Waals surface area contributed by atoms with E-state index in [1.807, 2.05) is 24.5 Å². The van der Waals surface area contributed by atoms with Gasteiger partial charge in [-0.25, -0.2) is 0 Å². The number of rotatable bonds is 6. The molecule has 0 aromatic carbocycles. The van der Waals surface area contributed by atoms with Crippen LogP contribution in [0.1, 0.15) is 13.3 Å². The van der Waals surface area contributed by atoms with Gasteiger partial charge in [0.25, 0.3) is 0 Å². The number of aromatic nitrogens is 1. The third-order valence-corrected chi connectivity index (χ3v) is 3.83. The van der Waals surface area contributed by atoms with Gasteiger partial charge in [-0.05, 0) is 18.2 Å². The lowest BCUT2D eigenvalue weighted by molar-refractivity contribution is 0.811. The number of nitriles is 2. The summed E-state index contributed by atoms with van der Waals surface area (Å²) >= 11 is 3.40. The predicted octanol–water partition coefficient (Wildman–Crippen LogP) is 3.34. The van der Waals surface area contributed by atoms with Gasteiger partial charge in [-0.3, -0.25) is 4.98 Å². The van der Waals surface area contributed by atoms with Gasteiger partial charge in [0, 0.05) is 27.9 Å². The molecular weight excluding hydrogens is 250 g/mol. The van der Waals surface area contributed by atoms with Gasteiger partial charge in [0.05, 0.1) is 12.1 Å². The van der Waals surface area contributed by atoms with Crippen molar-refractivity contribution < 1.29 is 0 Å². The van der Waals surface area contributed by atoms with Gasteiger partial charge in [0.1, 0.15) is 5.92 Å². The quantitative estimate of drug-likeness (QED) is 0.737. The SMILES string of the molecule is CCSc1cncc(SCCC(C#N)C#N)c1. The molecule has 0 atom stereocenters. The minimum atomic E-state index is -0.497. The molecule has 0 fully saturated rings. The second-order valence-corrected chi connectivity index (χ2v) is 5.74. The summed E-state index contributed by atoms with van der Waals surface area (Å²) in [6.45, 7) is 2.11. The second-order valence-electron chi connectivity index (χ2n) is 3.24. The van der Waals surface area contributed by atoms with Crippen LogP contribution in [0, 0.1) is 28.6 Å². The molecule has 0 amide bonds. The molecule has 88 valence electrons. The van der Waals surface area contributed by atoms with Gasteiger partial charge in [-0.1, -0.05) is 6.92 Å². The number of hydrogen-bond donors (Lipinski definition) is 0. The first kappa shape index (κ1) is 13.9. The minimum Gasteiger partial charge on any atom is -0.262 e. The highest BCUT2D eigenvalue weighted by Crippen LogP contribution is 2.24. The van der Waals surface area contributed by atoms with Gasteiger partial charge < -0.3 is 0 Å². The smallest absolute Gasteiger partial charge is 0.134 e. The topological polar surface area (TPSA) is 60.5 Å². The summed E-state index contributed by atoms with van der Waals surface area (Å²) in [4.78, 5) is 6.43. The van der Waals surface area contributed by atoms with Crippen molar-refractivity contribution in [3.63, 3.8) is 0 Å². The largest absolute Gasteiger partial charge is 0.262 e. The Morgan fingerprint density at radius 2 is 1.88 bits per heavy atom. The van der Waals surface area contributed by atoms with E-state index in [0.717, 1.165) is 21.3 Å². The molecule has 0 aliphatic rings. The van der Waals surface area contributed by atoms with Gasteiger partial charge in [-0.2, -0.15) is 10.5 Å². The number of thioether (sulfide) groups is 2. The third kappa shape index (κ3) is 5.12. The van der Waals surface area contributed by atoms with Crippen molar-refractivity contribution >= 4 is 23.5 Å². The Labute approximate surface area is 110 Å². The van der Waals surface area contributed by atoms with E-state index in [1.54, 1.807) is 23.5 Å². The van der Waals surface area contributed by atoms with Crippen LogP contribution in [0.5, 0.6) is 0 Å². The van der Waals surface area contributed by atoms with Crippen LogP contribution in [0.3, 0.4) is 0 Å². The van der Waals surface area contributed by atoms with Crippen molar-refractivity contribution in [1.82, 2.24) is 4.98 Å². The monoisotopic (exact) mass is 263 g/mol. The average molecular weight is 263 g/mol. The molecule has 5 heteroatoms. The lowest BCUT2D eigenvalue weighted by Crippen LogP contribution is -1.94. The van der Waals surface area contributed by atoms with E-state index in [0.29, 0.717) is 6.42 Å². The van der Waals surface area contributed by atoms with E-state index in [9.17, 15) is 0 Å². The van der Waals surface area contributed by atoms with Crippen molar-refractivity contribution in [1.29, 1.82) is 10.5 Å². The summed E-state index contributed by atoms with van der Waals surface area (Å²) in [6, 6.07) is 6.05. The number of nitrogens with zero attached hydrogens (tertiary/aromatic N) is 3. The van der Waals surface area contributed by atoms with Crippen molar-refractivity contribution in [2.24, 2.45) is 5.92 Å². The van der Waals surface area contributed by atoms with Crippen molar-refractivity contribution in [3.8, 4) is 12.1 Å². The summed E-state index contributed by atoms with van der Waals surface area (Å²) < 4.78 is 0. The van der Waals surface area contributed by atoms with Crippen LogP contribution in [-0.2, 0) is 0 Å². The van der Waals surface area contributed by atoms with Crippen LogP contribution in [0.4, 0.5) is 0 Å². The third-order valence-electron chi connectivity index (χ3n) is 1.99. The molecule has 0 saturated heterocycles. The maximum Gasteiger partial charge on any atom is 0.134 e. The fraction of sp³-hybridized carbons (Fsp3) is 0.417. The lowest BCUT2D eigenvalue weighted by Gasteiger charge is -2.03. The highest BCUT2D eigenvalue weighted by atomic mass is 32.2. The Kier molecular flexibility index (Phi) is 6.54. The van der Waals surface area contributed by atoms with Crippen LogP contribution in [0.25, 0.3) is 0 Å². The Morgan fingerprint density at radius 1 is 1.24 bits per heavy atom. The fourth-order valence-corrected chi connectivity index (χ4v) is 2.86. The molecule has 0 bridgehead atoms. The molecule has 1 aromatic rings. The predicted molar refractivity (Wildman–Crippen MR) is 70.7 cm³/mol. The molecule has 0 N–H and O–H groups in total. The number of hydrogen-bond acceptors (Lipinski definition) is 5. The molecule has 0 radical (unpaired) electrons. The highest BCUT2D eigenvalue weighted by Gasteiger charge is 2.05. The molecule has 0 aliphatic heterocycles. The summed E-state index contributed by atoms with van der Waals surface area (Å²) in [6.07, 6.45) is 4.27. The summed E-state index contributed by atoms with van der Waals surface area (Å²) in [5.41, 5.74) is 0. The van der Waals surface area contributed by atoms with Crippen LogP contribution in [0.15, 0.2) is 28.3 Å².